The van der Waals surface area contributed by atoms with Crippen molar-refractivity contribution in [2.75, 3.05) is 13.2 Å². The van der Waals surface area contributed by atoms with E-state index >= 15 is 0 Å². The Bertz CT molecular complexity index is 159. The molecule has 0 rings (SSSR count). The average molecular weight is 189 g/mol. The largest absolute Gasteiger partial charge is 0.394 e. The first-order chi connectivity index (χ1) is 5.99. The van der Waals surface area contributed by atoms with E-state index in [9.17, 15) is 4.79 Å². The van der Waals surface area contributed by atoms with Gasteiger partial charge < -0.3 is 15.5 Å². The van der Waals surface area contributed by atoms with Crippen LogP contribution in [0.3, 0.4) is 0 Å². The van der Waals surface area contributed by atoms with Crippen molar-refractivity contribution in [2.24, 2.45) is 11.8 Å². The molecule has 4 nitrogen and oxygen atoms in total. The molecule has 1 amide bonds. The highest BCUT2D eigenvalue weighted by Gasteiger charge is 2.16. The molecule has 3 N–H and O–H groups in total. The first-order valence-electron chi connectivity index (χ1n) is 4.55. The molecule has 0 aromatic rings. The van der Waals surface area contributed by atoms with E-state index in [1.54, 1.807) is 0 Å². The molecule has 0 heterocycles. The highest BCUT2D eigenvalue weighted by molar-refractivity contribution is 5.78. The number of aliphatic hydroxyl groups excluding tert-OH is 2. The maximum Gasteiger partial charge on any atom is 0.223 e. The molecule has 4 heteroatoms. The Labute approximate surface area is 79.0 Å². The first-order valence-corrected chi connectivity index (χ1v) is 4.55. The number of hydrogen-bond donors (Lipinski definition) is 3. The summed E-state index contributed by atoms with van der Waals surface area (Å²) in [5, 5.41) is 20.0. The molecule has 13 heavy (non-hydrogen) atoms. The second kappa shape index (κ2) is 5.94. The molecule has 0 bridgehead atoms. The number of carbonyl (C=O) groups is 1. The molecule has 0 fully saturated rings. The molecule has 0 aromatic heterocycles. The van der Waals surface area contributed by atoms with Crippen molar-refractivity contribution < 1.29 is 15.0 Å². The van der Waals surface area contributed by atoms with Gasteiger partial charge in [0.1, 0.15) is 0 Å². The topological polar surface area (TPSA) is 69.6 Å². The van der Waals surface area contributed by atoms with Crippen LogP contribution in [0.2, 0.25) is 0 Å². The predicted octanol–water partition coefficient (Wildman–Crippen LogP) is -0.252. The Hall–Kier alpha value is -0.610. The van der Waals surface area contributed by atoms with Gasteiger partial charge in [0, 0.05) is 12.5 Å². The SMILES string of the molecule is CC(C)C(C)C(=O)NC[C@@H](O)CO. The molecule has 0 saturated carbocycles. The highest BCUT2D eigenvalue weighted by atomic mass is 16.3. The van der Waals surface area contributed by atoms with Crippen molar-refractivity contribution in [2.45, 2.75) is 26.9 Å². The van der Waals surface area contributed by atoms with Crippen LogP contribution in [-0.2, 0) is 4.79 Å². The number of rotatable bonds is 5. The van der Waals surface area contributed by atoms with Gasteiger partial charge in [0.2, 0.25) is 5.91 Å². The van der Waals surface area contributed by atoms with Gasteiger partial charge in [0.25, 0.3) is 0 Å². The van der Waals surface area contributed by atoms with Crippen LogP contribution in [0.4, 0.5) is 0 Å². The zero-order chi connectivity index (χ0) is 10.4. The van der Waals surface area contributed by atoms with E-state index in [2.05, 4.69) is 5.32 Å². The fraction of sp³-hybridized carbons (Fsp3) is 0.889. The van der Waals surface area contributed by atoms with Crippen LogP contribution in [0.15, 0.2) is 0 Å². The molecule has 2 atom stereocenters. The van der Waals surface area contributed by atoms with E-state index in [0.29, 0.717) is 0 Å². The monoisotopic (exact) mass is 189 g/mol. The quantitative estimate of drug-likeness (QED) is 0.558. The van der Waals surface area contributed by atoms with Crippen molar-refractivity contribution >= 4 is 5.91 Å². The standard InChI is InChI=1S/C9H19NO3/c1-6(2)7(3)9(13)10-4-8(12)5-11/h6-8,11-12H,4-5H2,1-3H3,(H,10,13)/t7?,8-/m1/s1. The van der Waals surface area contributed by atoms with E-state index in [1.165, 1.54) is 0 Å². The summed E-state index contributed by atoms with van der Waals surface area (Å²) < 4.78 is 0. The second-order valence-corrected chi connectivity index (χ2v) is 3.61. The fourth-order valence-electron chi connectivity index (χ4n) is 0.747. The summed E-state index contributed by atoms with van der Waals surface area (Å²) in [6, 6.07) is 0. The number of hydrogen-bond acceptors (Lipinski definition) is 3. The number of nitrogens with one attached hydrogen (secondary N) is 1. The Morgan fingerprint density at radius 1 is 1.38 bits per heavy atom. The van der Waals surface area contributed by atoms with Crippen molar-refractivity contribution in [1.29, 1.82) is 0 Å². The normalized spacial score (nSPS) is 15.5. The van der Waals surface area contributed by atoms with Gasteiger partial charge in [0.05, 0.1) is 12.7 Å². The maximum atomic E-state index is 11.3. The maximum absolute atomic E-state index is 11.3. The van der Waals surface area contributed by atoms with Gasteiger partial charge in [-0.25, -0.2) is 0 Å². The lowest BCUT2D eigenvalue weighted by Crippen LogP contribution is -2.38. The second-order valence-electron chi connectivity index (χ2n) is 3.61. The van der Waals surface area contributed by atoms with Gasteiger partial charge >= 0.3 is 0 Å². The first kappa shape index (κ1) is 12.4. The summed E-state index contributed by atoms with van der Waals surface area (Å²) in [6.07, 6.45) is -0.858. The summed E-state index contributed by atoms with van der Waals surface area (Å²) >= 11 is 0. The zero-order valence-corrected chi connectivity index (χ0v) is 8.45. The molecule has 78 valence electrons. The molecule has 0 aromatic carbocycles. The minimum absolute atomic E-state index is 0.0640. The molecular weight excluding hydrogens is 170 g/mol. The number of amides is 1. The molecule has 0 radical (unpaired) electrons. The molecule has 0 aliphatic heterocycles. The number of carbonyl (C=O) groups excluding carboxylic acids is 1. The minimum Gasteiger partial charge on any atom is -0.394 e. The van der Waals surface area contributed by atoms with Gasteiger partial charge in [-0.3, -0.25) is 4.79 Å². The molecule has 0 aliphatic rings. The van der Waals surface area contributed by atoms with Crippen molar-refractivity contribution in [3.63, 3.8) is 0 Å². The molecule has 0 spiro atoms. The van der Waals surface area contributed by atoms with Crippen LogP contribution in [0.1, 0.15) is 20.8 Å². The molecule has 0 saturated heterocycles. The van der Waals surface area contributed by atoms with Crippen molar-refractivity contribution in [1.82, 2.24) is 5.32 Å². The lowest BCUT2D eigenvalue weighted by molar-refractivity contribution is -0.126. The number of aliphatic hydroxyl groups is 2. The summed E-state index contributed by atoms with van der Waals surface area (Å²) in [6.45, 7) is 5.56. The van der Waals surface area contributed by atoms with Gasteiger partial charge in [-0.2, -0.15) is 0 Å². The summed E-state index contributed by atoms with van der Waals surface area (Å²) in [7, 11) is 0. The molecule has 0 aliphatic carbocycles. The van der Waals surface area contributed by atoms with E-state index in [1.807, 2.05) is 20.8 Å². The van der Waals surface area contributed by atoms with Crippen LogP contribution >= 0.6 is 0 Å². The van der Waals surface area contributed by atoms with Gasteiger partial charge in [0.15, 0.2) is 0 Å². The third-order valence-corrected chi connectivity index (χ3v) is 2.14. The van der Waals surface area contributed by atoms with Crippen LogP contribution in [0, 0.1) is 11.8 Å². The lowest BCUT2D eigenvalue weighted by atomic mass is 9.97. The minimum atomic E-state index is -0.858. The Balaban J connectivity index is 3.74. The van der Waals surface area contributed by atoms with Crippen molar-refractivity contribution in [3.8, 4) is 0 Å². The Morgan fingerprint density at radius 3 is 2.31 bits per heavy atom. The summed E-state index contributed by atoms with van der Waals surface area (Å²) in [5.74, 6) is 0.139. The average Bonchev–Trinajstić information content (AvgIpc) is 2.11. The van der Waals surface area contributed by atoms with E-state index < -0.39 is 6.10 Å². The van der Waals surface area contributed by atoms with Crippen molar-refractivity contribution in [3.05, 3.63) is 0 Å². The third kappa shape index (κ3) is 4.85. The smallest absolute Gasteiger partial charge is 0.223 e. The zero-order valence-electron chi connectivity index (χ0n) is 8.45. The third-order valence-electron chi connectivity index (χ3n) is 2.14. The van der Waals surface area contributed by atoms with E-state index in [-0.39, 0.29) is 30.9 Å². The van der Waals surface area contributed by atoms with Gasteiger partial charge in [-0.05, 0) is 5.92 Å². The Kier molecular flexibility index (Phi) is 5.66. The van der Waals surface area contributed by atoms with Crippen LogP contribution < -0.4 is 5.32 Å². The fourth-order valence-corrected chi connectivity index (χ4v) is 0.747. The van der Waals surface area contributed by atoms with Gasteiger partial charge in [-0.15, -0.1) is 0 Å². The van der Waals surface area contributed by atoms with Crippen LogP contribution in [0.5, 0.6) is 0 Å². The lowest BCUT2D eigenvalue weighted by Gasteiger charge is -2.16. The molecular formula is C9H19NO3. The predicted molar refractivity (Wildman–Crippen MR) is 50.1 cm³/mol. The molecule has 1 unspecified atom stereocenters. The van der Waals surface area contributed by atoms with Crippen LogP contribution in [-0.4, -0.2) is 35.4 Å². The Morgan fingerprint density at radius 2 is 1.92 bits per heavy atom. The van der Waals surface area contributed by atoms with E-state index in [4.69, 9.17) is 10.2 Å². The highest BCUT2D eigenvalue weighted by Crippen LogP contribution is 2.08. The van der Waals surface area contributed by atoms with Gasteiger partial charge in [-0.1, -0.05) is 20.8 Å². The summed E-state index contributed by atoms with van der Waals surface area (Å²) in [5.41, 5.74) is 0. The van der Waals surface area contributed by atoms with Crippen LogP contribution in [0.25, 0.3) is 0 Å². The summed E-state index contributed by atoms with van der Waals surface area (Å²) in [4.78, 5) is 11.3. The van der Waals surface area contributed by atoms with E-state index in [0.717, 1.165) is 0 Å².